The van der Waals surface area contributed by atoms with Crippen LogP contribution in [0.5, 0.6) is 0 Å². The van der Waals surface area contributed by atoms with Gasteiger partial charge in [0, 0.05) is 0 Å². The number of hydrogen-bond acceptors (Lipinski definition) is 0. The van der Waals surface area contributed by atoms with Crippen molar-refractivity contribution in [2.24, 2.45) is 0 Å². The number of unbranched alkanes of at least 4 members (excludes halogenated alkanes) is 1. The first-order valence-corrected chi connectivity index (χ1v) is 7.01. The van der Waals surface area contributed by atoms with Crippen LogP contribution in [-0.2, 0) is 19.3 Å². The van der Waals surface area contributed by atoms with Gasteiger partial charge in [-0.2, -0.15) is 0 Å². The van der Waals surface area contributed by atoms with Gasteiger partial charge in [0.1, 0.15) is 0 Å². The van der Waals surface area contributed by atoms with Gasteiger partial charge < -0.3 is 0 Å². The highest BCUT2D eigenvalue weighted by molar-refractivity contribution is 5.28. The Bertz CT molecular complexity index is 456. The number of aryl methyl sites for hydroxylation is 3. The van der Waals surface area contributed by atoms with Crippen molar-refractivity contribution in [2.45, 2.75) is 39.0 Å². The van der Waals surface area contributed by atoms with Crippen molar-refractivity contribution < 1.29 is 0 Å². The third kappa shape index (κ3) is 3.73. The average molecular weight is 238 g/mol. The summed E-state index contributed by atoms with van der Waals surface area (Å²) in [5.41, 5.74) is 4.49. The molecule has 0 saturated heterocycles. The van der Waals surface area contributed by atoms with Crippen LogP contribution in [0.2, 0.25) is 0 Å². The van der Waals surface area contributed by atoms with Crippen molar-refractivity contribution in [3.8, 4) is 0 Å². The lowest BCUT2D eigenvalue weighted by molar-refractivity contribution is 0.783. The van der Waals surface area contributed by atoms with Gasteiger partial charge in [-0.15, -0.1) is 0 Å². The van der Waals surface area contributed by atoms with Gasteiger partial charge in [-0.1, -0.05) is 67.9 Å². The lowest BCUT2D eigenvalue weighted by Gasteiger charge is -2.09. The van der Waals surface area contributed by atoms with Crippen LogP contribution in [0.4, 0.5) is 0 Å². The molecule has 0 fully saturated rings. The maximum atomic E-state index is 2.29. The van der Waals surface area contributed by atoms with Gasteiger partial charge in [0.15, 0.2) is 0 Å². The van der Waals surface area contributed by atoms with Crippen LogP contribution in [0.25, 0.3) is 0 Å². The van der Waals surface area contributed by atoms with Crippen LogP contribution in [0, 0.1) is 0 Å². The minimum Gasteiger partial charge on any atom is -0.0654 e. The Balaban J connectivity index is 2.00. The fourth-order valence-corrected chi connectivity index (χ4v) is 2.34. The molecule has 0 heteroatoms. The Morgan fingerprint density at radius 2 is 1.28 bits per heavy atom. The summed E-state index contributed by atoms with van der Waals surface area (Å²) in [6.45, 7) is 2.26. The molecule has 2 rings (SSSR count). The van der Waals surface area contributed by atoms with E-state index in [1.165, 1.54) is 36.0 Å². The molecule has 0 aromatic heterocycles. The molecule has 2 aromatic rings. The standard InChI is InChI=1S/C18H22/c1-2-3-11-17-12-7-8-13-18(17)15-14-16-9-5-4-6-10-16/h4-10,12-13H,2-3,11,14-15H2,1H3. The van der Waals surface area contributed by atoms with E-state index in [-0.39, 0.29) is 0 Å². The molecular formula is C18H22. The second-order valence-electron chi connectivity index (χ2n) is 4.86. The topological polar surface area (TPSA) is 0 Å². The zero-order chi connectivity index (χ0) is 12.6. The summed E-state index contributed by atoms with van der Waals surface area (Å²) < 4.78 is 0. The molecule has 0 N–H and O–H groups in total. The van der Waals surface area contributed by atoms with E-state index >= 15 is 0 Å². The van der Waals surface area contributed by atoms with Crippen LogP contribution in [0.1, 0.15) is 36.5 Å². The third-order valence-corrected chi connectivity index (χ3v) is 3.44. The van der Waals surface area contributed by atoms with E-state index in [1.807, 2.05) is 0 Å². The Hall–Kier alpha value is -1.56. The molecule has 0 spiro atoms. The molecule has 0 nitrogen and oxygen atoms in total. The molecule has 0 amide bonds. The summed E-state index contributed by atoms with van der Waals surface area (Å²) in [6, 6.07) is 19.7. The van der Waals surface area contributed by atoms with Gasteiger partial charge in [0.2, 0.25) is 0 Å². The molecule has 0 atom stereocenters. The van der Waals surface area contributed by atoms with Gasteiger partial charge in [-0.25, -0.2) is 0 Å². The van der Waals surface area contributed by atoms with Crippen molar-refractivity contribution in [3.63, 3.8) is 0 Å². The molecule has 0 saturated carbocycles. The van der Waals surface area contributed by atoms with Crippen LogP contribution in [0.3, 0.4) is 0 Å². The molecule has 0 radical (unpaired) electrons. The molecule has 0 aliphatic heterocycles. The quantitative estimate of drug-likeness (QED) is 0.677. The fourth-order valence-electron chi connectivity index (χ4n) is 2.34. The van der Waals surface area contributed by atoms with Gasteiger partial charge in [0.05, 0.1) is 0 Å². The molecule has 0 heterocycles. The fraction of sp³-hybridized carbons (Fsp3) is 0.333. The first-order chi connectivity index (χ1) is 8.90. The van der Waals surface area contributed by atoms with Crippen LogP contribution < -0.4 is 0 Å². The molecular weight excluding hydrogens is 216 g/mol. The highest BCUT2D eigenvalue weighted by atomic mass is 14.1. The maximum Gasteiger partial charge on any atom is -0.0236 e. The normalized spacial score (nSPS) is 10.5. The van der Waals surface area contributed by atoms with Gasteiger partial charge in [-0.3, -0.25) is 0 Å². The highest BCUT2D eigenvalue weighted by Crippen LogP contribution is 2.15. The Labute approximate surface area is 111 Å². The van der Waals surface area contributed by atoms with Crippen molar-refractivity contribution in [1.82, 2.24) is 0 Å². The lowest BCUT2D eigenvalue weighted by Crippen LogP contribution is -1.97. The molecule has 2 aromatic carbocycles. The van der Waals surface area contributed by atoms with Crippen molar-refractivity contribution in [1.29, 1.82) is 0 Å². The van der Waals surface area contributed by atoms with Crippen molar-refractivity contribution in [2.75, 3.05) is 0 Å². The van der Waals surface area contributed by atoms with E-state index in [2.05, 4.69) is 61.5 Å². The third-order valence-electron chi connectivity index (χ3n) is 3.44. The van der Waals surface area contributed by atoms with E-state index in [0.717, 1.165) is 12.8 Å². The first kappa shape index (κ1) is 12.9. The minimum absolute atomic E-state index is 1.14. The Morgan fingerprint density at radius 1 is 0.667 bits per heavy atom. The number of hydrogen-bond donors (Lipinski definition) is 0. The van der Waals surface area contributed by atoms with Crippen LogP contribution in [-0.4, -0.2) is 0 Å². The highest BCUT2D eigenvalue weighted by Gasteiger charge is 2.01. The van der Waals surface area contributed by atoms with Gasteiger partial charge >= 0.3 is 0 Å². The average Bonchev–Trinajstić information content (AvgIpc) is 2.45. The predicted molar refractivity (Wildman–Crippen MR) is 78.9 cm³/mol. The summed E-state index contributed by atoms with van der Waals surface area (Å²) in [4.78, 5) is 0. The lowest BCUT2D eigenvalue weighted by atomic mass is 9.97. The summed E-state index contributed by atoms with van der Waals surface area (Å²) >= 11 is 0. The largest absolute Gasteiger partial charge is 0.0654 e. The first-order valence-electron chi connectivity index (χ1n) is 7.01. The zero-order valence-corrected chi connectivity index (χ0v) is 11.2. The summed E-state index contributed by atoms with van der Waals surface area (Å²) in [5, 5.41) is 0. The molecule has 0 aliphatic rings. The van der Waals surface area contributed by atoms with Crippen molar-refractivity contribution >= 4 is 0 Å². The van der Waals surface area contributed by atoms with Crippen molar-refractivity contribution in [3.05, 3.63) is 71.3 Å². The molecule has 0 aliphatic carbocycles. The summed E-state index contributed by atoms with van der Waals surface area (Å²) in [5.74, 6) is 0. The van der Waals surface area contributed by atoms with E-state index in [9.17, 15) is 0 Å². The van der Waals surface area contributed by atoms with E-state index < -0.39 is 0 Å². The SMILES string of the molecule is CCCCc1ccccc1CCc1ccccc1. The van der Waals surface area contributed by atoms with E-state index in [1.54, 1.807) is 0 Å². The number of rotatable bonds is 6. The number of benzene rings is 2. The smallest absolute Gasteiger partial charge is 0.0236 e. The zero-order valence-electron chi connectivity index (χ0n) is 11.2. The summed E-state index contributed by atoms with van der Waals surface area (Å²) in [7, 11) is 0. The monoisotopic (exact) mass is 238 g/mol. The predicted octanol–water partition coefficient (Wildman–Crippen LogP) is 4.81. The Kier molecular flexibility index (Phi) is 5.01. The molecule has 0 bridgehead atoms. The van der Waals surface area contributed by atoms with E-state index in [4.69, 9.17) is 0 Å². The summed E-state index contributed by atoms with van der Waals surface area (Å²) in [6.07, 6.45) is 6.09. The maximum absolute atomic E-state index is 2.29. The molecule has 94 valence electrons. The van der Waals surface area contributed by atoms with Crippen LogP contribution in [0.15, 0.2) is 54.6 Å². The molecule has 18 heavy (non-hydrogen) atoms. The second kappa shape index (κ2) is 7.00. The molecule has 0 unspecified atom stereocenters. The minimum atomic E-state index is 1.14. The second-order valence-corrected chi connectivity index (χ2v) is 4.86. The Morgan fingerprint density at radius 3 is 1.94 bits per heavy atom. The van der Waals surface area contributed by atoms with E-state index in [0.29, 0.717) is 0 Å². The van der Waals surface area contributed by atoms with Gasteiger partial charge in [-0.05, 0) is 42.4 Å². The van der Waals surface area contributed by atoms with Gasteiger partial charge in [0.25, 0.3) is 0 Å². The van der Waals surface area contributed by atoms with Crippen LogP contribution >= 0.6 is 0 Å².